The zero-order chi connectivity index (χ0) is 21.2. The lowest BCUT2D eigenvalue weighted by Crippen LogP contribution is -2.15. The van der Waals surface area contributed by atoms with E-state index in [9.17, 15) is 17.6 Å². The number of rotatable bonds is 5. The summed E-state index contributed by atoms with van der Waals surface area (Å²) in [5, 5.41) is 7.81. The zero-order valence-electron chi connectivity index (χ0n) is 15.8. The van der Waals surface area contributed by atoms with E-state index in [1.54, 1.807) is 44.2 Å². The van der Waals surface area contributed by atoms with Gasteiger partial charge in [0.25, 0.3) is 0 Å². The first-order chi connectivity index (χ1) is 13.6. The predicted molar refractivity (Wildman–Crippen MR) is 109 cm³/mol. The van der Waals surface area contributed by atoms with Crippen molar-refractivity contribution in [2.75, 3.05) is 5.32 Å². The molecule has 1 amide bonds. The van der Waals surface area contributed by atoms with Gasteiger partial charge in [0.2, 0.25) is 15.9 Å². The SMILES string of the molecule is Cc1cc(S(N)(=O)=O)cc(NC(=O)/C=C/c2ccc(-c3ccccc3F)o2)c1C. The number of nitrogens with one attached hydrogen (secondary N) is 1. The van der Waals surface area contributed by atoms with Gasteiger partial charge in [-0.05, 0) is 67.4 Å². The molecule has 1 heterocycles. The van der Waals surface area contributed by atoms with Crippen LogP contribution in [0.5, 0.6) is 0 Å². The fourth-order valence-corrected chi connectivity index (χ4v) is 3.32. The second-order valence-corrected chi connectivity index (χ2v) is 8.02. The number of carbonyl (C=O) groups is 1. The molecule has 0 bridgehead atoms. The van der Waals surface area contributed by atoms with Crippen molar-refractivity contribution >= 4 is 27.7 Å². The molecule has 8 heteroatoms. The average molecular weight is 414 g/mol. The van der Waals surface area contributed by atoms with Crippen LogP contribution in [0, 0.1) is 19.7 Å². The van der Waals surface area contributed by atoms with E-state index in [2.05, 4.69) is 5.32 Å². The van der Waals surface area contributed by atoms with E-state index >= 15 is 0 Å². The van der Waals surface area contributed by atoms with Crippen molar-refractivity contribution in [3.8, 4) is 11.3 Å². The van der Waals surface area contributed by atoms with E-state index < -0.39 is 21.7 Å². The maximum absolute atomic E-state index is 13.8. The number of halogens is 1. The lowest BCUT2D eigenvalue weighted by atomic mass is 10.1. The van der Waals surface area contributed by atoms with Crippen molar-refractivity contribution < 1.29 is 22.0 Å². The summed E-state index contributed by atoms with van der Waals surface area (Å²) in [5.74, 6) is -0.182. The maximum atomic E-state index is 13.8. The number of furan rings is 1. The monoisotopic (exact) mass is 414 g/mol. The highest BCUT2D eigenvalue weighted by Crippen LogP contribution is 2.26. The van der Waals surface area contributed by atoms with E-state index in [0.717, 1.165) is 5.56 Å². The van der Waals surface area contributed by atoms with Gasteiger partial charge < -0.3 is 9.73 Å². The summed E-state index contributed by atoms with van der Waals surface area (Å²) >= 11 is 0. The molecule has 0 aliphatic rings. The minimum Gasteiger partial charge on any atom is -0.457 e. The van der Waals surface area contributed by atoms with Crippen LogP contribution in [0.15, 0.2) is 63.9 Å². The fraction of sp³-hybridized carbons (Fsp3) is 0.0952. The first kappa shape index (κ1) is 20.5. The number of nitrogens with two attached hydrogens (primary N) is 1. The molecule has 3 N–H and O–H groups in total. The summed E-state index contributed by atoms with van der Waals surface area (Å²) in [4.78, 5) is 12.2. The predicted octanol–water partition coefficient (Wildman–Crippen LogP) is 4.00. The number of amides is 1. The van der Waals surface area contributed by atoms with Crippen molar-refractivity contribution in [3.63, 3.8) is 0 Å². The van der Waals surface area contributed by atoms with Crippen molar-refractivity contribution in [3.05, 3.63) is 77.3 Å². The number of carbonyl (C=O) groups excluding carboxylic acids is 1. The lowest BCUT2D eigenvalue weighted by Gasteiger charge is -2.11. The molecule has 0 saturated carbocycles. The van der Waals surface area contributed by atoms with E-state index in [-0.39, 0.29) is 4.90 Å². The summed E-state index contributed by atoms with van der Waals surface area (Å²) in [6, 6.07) is 12.2. The van der Waals surface area contributed by atoms with Crippen LogP contribution < -0.4 is 10.5 Å². The van der Waals surface area contributed by atoms with Crippen LogP contribution >= 0.6 is 0 Å². The Balaban J connectivity index is 1.78. The van der Waals surface area contributed by atoms with Crippen molar-refractivity contribution in [2.45, 2.75) is 18.7 Å². The maximum Gasteiger partial charge on any atom is 0.248 e. The number of hydrogen-bond donors (Lipinski definition) is 2. The highest BCUT2D eigenvalue weighted by atomic mass is 32.2. The highest BCUT2D eigenvalue weighted by Gasteiger charge is 2.14. The van der Waals surface area contributed by atoms with Crippen LogP contribution in [0.3, 0.4) is 0 Å². The number of aryl methyl sites for hydroxylation is 1. The van der Waals surface area contributed by atoms with E-state index in [1.807, 2.05) is 0 Å². The Morgan fingerprint density at radius 2 is 1.86 bits per heavy atom. The molecule has 0 unspecified atom stereocenters. The topological polar surface area (TPSA) is 102 Å². The second-order valence-electron chi connectivity index (χ2n) is 6.46. The molecule has 3 aromatic rings. The molecule has 0 spiro atoms. The molecule has 0 saturated heterocycles. The van der Waals surface area contributed by atoms with Crippen molar-refractivity contribution in [2.24, 2.45) is 5.14 Å². The van der Waals surface area contributed by atoms with Crippen LogP contribution in [-0.4, -0.2) is 14.3 Å². The second kappa shape index (κ2) is 8.02. The summed E-state index contributed by atoms with van der Waals surface area (Å²) in [7, 11) is -3.90. The molecule has 29 heavy (non-hydrogen) atoms. The number of primary sulfonamides is 1. The van der Waals surface area contributed by atoms with Gasteiger partial charge in [-0.15, -0.1) is 0 Å². The number of benzene rings is 2. The molecule has 1 aromatic heterocycles. The standard InChI is InChI=1S/C21H19FN2O4S/c1-13-11-16(29(23,26)27)12-19(14(13)2)24-21(25)10-8-15-7-9-20(28-15)17-5-3-4-6-18(17)22/h3-12H,1-2H3,(H,24,25)(H2,23,26,27)/b10-8+. The number of hydrogen-bond acceptors (Lipinski definition) is 4. The van der Waals surface area contributed by atoms with Gasteiger partial charge in [0.05, 0.1) is 10.5 Å². The Morgan fingerprint density at radius 1 is 1.14 bits per heavy atom. The smallest absolute Gasteiger partial charge is 0.248 e. The van der Waals surface area contributed by atoms with Gasteiger partial charge in [0.1, 0.15) is 17.3 Å². The molecular formula is C21H19FN2O4S. The fourth-order valence-electron chi connectivity index (χ4n) is 2.70. The molecular weight excluding hydrogens is 395 g/mol. The molecule has 0 aliphatic heterocycles. The van der Waals surface area contributed by atoms with Gasteiger partial charge in [0.15, 0.2) is 0 Å². The van der Waals surface area contributed by atoms with Crippen LogP contribution in [0.1, 0.15) is 16.9 Å². The summed E-state index contributed by atoms with van der Waals surface area (Å²) in [6.07, 6.45) is 2.67. The Hall–Kier alpha value is -3.23. The van der Waals surface area contributed by atoms with Gasteiger partial charge in [0, 0.05) is 11.8 Å². The largest absolute Gasteiger partial charge is 0.457 e. The summed E-state index contributed by atoms with van der Waals surface area (Å²) in [5.41, 5.74) is 2.06. The van der Waals surface area contributed by atoms with Gasteiger partial charge in [-0.1, -0.05) is 12.1 Å². The Bertz CT molecular complexity index is 1210. The van der Waals surface area contributed by atoms with Gasteiger partial charge in [-0.2, -0.15) is 0 Å². The van der Waals surface area contributed by atoms with Crippen LogP contribution in [-0.2, 0) is 14.8 Å². The van der Waals surface area contributed by atoms with Crippen LogP contribution in [0.4, 0.5) is 10.1 Å². The molecule has 6 nitrogen and oxygen atoms in total. The van der Waals surface area contributed by atoms with Crippen LogP contribution in [0.2, 0.25) is 0 Å². The Morgan fingerprint density at radius 3 is 2.55 bits per heavy atom. The minimum absolute atomic E-state index is 0.0829. The van der Waals surface area contributed by atoms with Gasteiger partial charge in [-0.25, -0.2) is 17.9 Å². The van der Waals surface area contributed by atoms with Crippen LogP contribution in [0.25, 0.3) is 17.4 Å². The molecule has 0 fully saturated rings. The Kier molecular flexibility index (Phi) is 5.67. The molecule has 0 radical (unpaired) electrons. The summed E-state index contributed by atoms with van der Waals surface area (Å²) in [6.45, 7) is 3.48. The summed E-state index contributed by atoms with van der Waals surface area (Å²) < 4.78 is 42.6. The number of sulfonamides is 1. The third-order valence-electron chi connectivity index (χ3n) is 4.39. The minimum atomic E-state index is -3.90. The van der Waals surface area contributed by atoms with Crippen molar-refractivity contribution in [1.29, 1.82) is 0 Å². The van der Waals surface area contributed by atoms with E-state index in [0.29, 0.717) is 28.3 Å². The van der Waals surface area contributed by atoms with E-state index in [1.165, 1.54) is 30.4 Å². The normalized spacial score (nSPS) is 11.7. The quantitative estimate of drug-likeness (QED) is 0.616. The third kappa shape index (κ3) is 4.79. The average Bonchev–Trinajstić information content (AvgIpc) is 3.12. The van der Waals surface area contributed by atoms with Crippen molar-refractivity contribution in [1.82, 2.24) is 0 Å². The van der Waals surface area contributed by atoms with E-state index in [4.69, 9.17) is 9.56 Å². The molecule has 0 atom stereocenters. The first-order valence-electron chi connectivity index (χ1n) is 8.63. The molecule has 0 aliphatic carbocycles. The van der Waals surface area contributed by atoms with Gasteiger partial charge >= 0.3 is 0 Å². The molecule has 3 rings (SSSR count). The lowest BCUT2D eigenvalue weighted by molar-refractivity contribution is -0.111. The third-order valence-corrected chi connectivity index (χ3v) is 5.29. The zero-order valence-corrected chi connectivity index (χ0v) is 16.6. The molecule has 150 valence electrons. The Labute approximate surface area is 167 Å². The molecule has 2 aromatic carbocycles. The number of anilines is 1. The van der Waals surface area contributed by atoms with Gasteiger partial charge in [-0.3, -0.25) is 4.79 Å². The first-order valence-corrected chi connectivity index (χ1v) is 10.2. The highest BCUT2D eigenvalue weighted by molar-refractivity contribution is 7.89.